The van der Waals surface area contributed by atoms with Crippen LogP contribution in [-0.2, 0) is 0 Å². The molecule has 0 unspecified atom stereocenters. The summed E-state index contributed by atoms with van der Waals surface area (Å²) in [5, 5.41) is 10.4. The van der Waals surface area contributed by atoms with Gasteiger partial charge in [0.25, 0.3) is 0 Å². The normalized spacial score (nSPS) is 11.8. The van der Waals surface area contributed by atoms with Crippen LogP contribution < -0.4 is 5.32 Å². The molecule has 0 radical (unpaired) electrons. The number of rotatable bonds is 7. The van der Waals surface area contributed by atoms with Crippen LogP contribution in [0, 0.1) is 0 Å². The smallest absolute Gasteiger partial charge is 0.147 e. The van der Waals surface area contributed by atoms with Crippen LogP contribution in [0.25, 0.3) is 116 Å². The van der Waals surface area contributed by atoms with E-state index in [1.54, 1.807) is 0 Å². The summed E-state index contributed by atoms with van der Waals surface area (Å²) in [5.41, 5.74) is 17.4. The molecule has 0 atom stereocenters. The molecule has 0 amide bonds. The summed E-state index contributed by atoms with van der Waals surface area (Å²) in [5.74, 6) is 0. The van der Waals surface area contributed by atoms with Gasteiger partial charge in [0.2, 0.25) is 0 Å². The molecular formula is C60H38N2O2. The Labute approximate surface area is 368 Å². The average molecular weight is 819 g/mol. The first-order valence-corrected chi connectivity index (χ1v) is 21.7. The molecule has 4 nitrogen and oxygen atoms in total. The van der Waals surface area contributed by atoms with E-state index in [1.165, 1.54) is 27.4 Å². The zero-order valence-corrected chi connectivity index (χ0v) is 34.6. The summed E-state index contributed by atoms with van der Waals surface area (Å²) in [7, 11) is 0. The van der Waals surface area contributed by atoms with Crippen molar-refractivity contribution in [1.29, 1.82) is 0 Å². The van der Waals surface area contributed by atoms with E-state index < -0.39 is 0 Å². The second-order valence-corrected chi connectivity index (χ2v) is 16.5. The zero-order valence-electron chi connectivity index (χ0n) is 34.6. The number of benzene rings is 10. The maximum atomic E-state index is 7.15. The van der Waals surface area contributed by atoms with Crippen molar-refractivity contribution in [2.75, 3.05) is 5.32 Å². The van der Waals surface area contributed by atoms with Gasteiger partial charge in [0.15, 0.2) is 0 Å². The minimum Gasteiger partial charge on any atom is -0.455 e. The van der Waals surface area contributed by atoms with Gasteiger partial charge in [0.1, 0.15) is 22.3 Å². The van der Waals surface area contributed by atoms with Gasteiger partial charge in [-0.05, 0) is 70.8 Å². The number of anilines is 2. The lowest BCUT2D eigenvalue weighted by atomic mass is 9.96. The second kappa shape index (κ2) is 14.5. The molecule has 0 fully saturated rings. The van der Waals surface area contributed by atoms with Crippen LogP contribution in [0.15, 0.2) is 233 Å². The van der Waals surface area contributed by atoms with Crippen LogP contribution >= 0.6 is 0 Å². The molecule has 0 aliphatic rings. The average Bonchev–Trinajstić information content (AvgIpc) is 4.04. The number of hydrogen-bond acceptors (Lipinski definition) is 3. The maximum Gasteiger partial charge on any atom is 0.147 e. The Morgan fingerprint density at radius 2 is 0.797 bits per heavy atom. The quantitative estimate of drug-likeness (QED) is 0.174. The molecule has 4 heteroatoms. The lowest BCUT2D eigenvalue weighted by Gasteiger charge is -2.13. The first kappa shape index (κ1) is 36.1. The Kier molecular flexibility index (Phi) is 8.18. The van der Waals surface area contributed by atoms with Gasteiger partial charge in [-0.1, -0.05) is 176 Å². The molecule has 0 bridgehead atoms. The molecule has 300 valence electrons. The minimum absolute atomic E-state index is 0.807. The monoisotopic (exact) mass is 818 g/mol. The maximum absolute atomic E-state index is 7.15. The highest BCUT2D eigenvalue weighted by molar-refractivity contribution is 6.24. The van der Waals surface area contributed by atoms with Crippen molar-refractivity contribution < 1.29 is 8.83 Å². The third-order valence-corrected chi connectivity index (χ3v) is 12.8. The van der Waals surface area contributed by atoms with Gasteiger partial charge in [0, 0.05) is 66.1 Å². The molecule has 0 saturated heterocycles. The highest BCUT2D eigenvalue weighted by Gasteiger charge is 2.24. The summed E-state index contributed by atoms with van der Waals surface area (Å²) in [6.45, 7) is 0. The first-order chi connectivity index (χ1) is 31.7. The van der Waals surface area contributed by atoms with Crippen LogP contribution in [0.1, 0.15) is 0 Å². The SMILES string of the molecule is c1ccc(-c2ccccc2Nc2cccc(-c3cccc4c3oc3c(-c5ccccc5)c5oc6c(-c7cccc(-n8c9ccccc9c9ccccc98)c7)cccc6c5cc34)c2)cc1. The molecule has 10 aromatic carbocycles. The molecular weight excluding hydrogens is 781 g/mol. The van der Waals surface area contributed by atoms with Gasteiger partial charge in [-0.15, -0.1) is 0 Å². The van der Waals surface area contributed by atoms with Gasteiger partial charge in [-0.2, -0.15) is 0 Å². The zero-order chi connectivity index (χ0) is 42.1. The number of hydrogen-bond donors (Lipinski definition) is 1. The van der Waals surface area contributed by atoms with Gasteiger partial charge in [-0.3, -0.25) is 0 Å². The fourth-order valence-corrected chi connectivity index (χ4v) is 9.90. The summed E-state index contributed by atoms with van der Waals surface area (Å²) < 4.78 is 16.6. The molecule has 0 spiro atoms. The lowest BCUT2D eigenvalue weighted by molar-refractivity contribution is 0.659. The van der Waals surface area contributed by atoms with Crippen LogP contribution in [0.3, 0.4) is 0 Å². The number of fused-ring (bicyclic) bond motifs is 9. The van der Waals surface area contributed by atoms with Crippen molar-refractivity contribution in [3.05, 3.63) is 224 Å². The van der Waals surface area contributed by atoms with Crippen LogP contribution in [0.2, 0.25) is 0 Å². The van der Waals surface area contributed by atoms with E-state index in [-0.39, 0.29) is 0 Å². The highest BCUT2D eigenvalue weighted by Crippen LogP contribution is 2.48. The van der Waals surface area contributed by atoms with Crippen molar-refractivity contribution in [2.24, 2.45) is 0 Å². The van der Waals surface area contributed by atoms with Crippen LogP contribution in [0.5, 0.6) is 0 Å². The van der Waals surface area contributed by atoms with E-state index in [0.29, 0.717) is 0 Å². The third kappa shape index (κ3) is 5.70. The second-order valence-electron chi connectivity index (χ2n) is 16.5. The highest BCUT2D eigenvalue weighted by atomic mass is 16.3. The van der Waals surface area contributed by atoms with Gasteiger partial charge in [0.05, 0.1) is 16.6 Å². The number of nitrogens with zero attached hydrogens (tertiary/aromatic N) is 1. The molecule has 0 saturated carbocycles. The predicted molar refractivity (Wildman–Crippen MR) is 267 cm³/mol. The Balaban J connectivity index is 0.968. The number of para-hydroxylation sites is 5. The van der Waals surface area contributed by atoms with E-state index in [2.05, 4.69) is 234 Å². The van der Waals surface area contributed by atoms with E-state index in [9.17, 15) is 0 Å². The molecule has 3 aromatic heterocycles. The first-order valence-electron chi connectivity index (χ1n) is 21.7. The predicted octanol–water partition coefficient (Wildman–Crippen LogP) is 17.0. The molecule has 1 N–H and O–H groups in total. The van der Waals surface area contributed by atoms with Gasteiger partial charge >= 0.3 is 0 Å². The summed E-state index contributed by atoms with van der Waals surface area (Å²) in [6.07, 6.45) is 0. The molecule has 0 aliphatic carbocycles. The van der Waals surface area contributed by atoms with Crippen molar-refractivity contribution in [1.82, 2.24) is 4.57 Å². The summed E-state index contributed by atoms with van der Waals surface area (Å²) in [4.78, 5) is 0. The van der Waals surface area contributed by atoms with Crippen LogP contribution in [-0.4, -0.2) is 4.57 Å². The van der Waals surface area contributed by atoms with E-state index in [4.69, 9.17) is 8.83 Å². The Morgan fingerprint density at radius 3 is 1.45 bits per heavy atom. The van der Waals surface area contributed by atoms with E-state index in [1.807, 2.05) is 0 Å². The Bertz CT molecular complexity index is 3880. The van der Waals surface area contributed by atoms with E-state index in [0.717, 1.165) is 99.9 Å². The van der Waals surface area contributed by atoms with Crippen LogP contribution in [0.4, 0.5) is 11.4 Å². The minimum atomic E-state index is 0.807. The summed E-state index contributed by atoms with van der Waals surface area (Å²) in [6, 6.07) is 79.4. The van der Waals surface area contributed by atoms with Gasteiger partial charge in [-0.25, -0.2) is 0 Å². The van der Waals surface area contributed by atoms with Crippen molar-refractivity contribution >= 4 is 77.1 Å². The Hall–Kier alpha value is -8.60. The van der Waals surface area contributed by atoms with Crippen molar-refractivity contribution in [3.8, 4) is 50.2 Å². The third-order valence-electron chi connectivity index (χ3n) is 12.8. The van der Waals surface area contributed by atoms with Crippen molar-refractivity contribution in [2.45, 2.75) is 0 Å². The number of nitrogens with one attached hydrogen (secondary N) is 1. The Morgan fingerprint density at radius 1 is 0.312 bits per heavy atom. The number of furan rings is 2. The lowest BCUT2D eigenvalue weighted by Crippen LogP contribution is -1.94. The molecule has 3 heterocycles. The van der Waals surface area contributed by atoms with Crippen molar-refractivity contribution in [3.63, 3.8) is 0 Å². The number of aromatic nitrogens is 1. The molecule has 64 heavy (non-hydrogen) atoms. The topological polar surface area (TPSA) is 43.2 Å². The summed E-state index contributed by atoms with van der Waals surface area (Å²) >= 11 is 0. The molecule has 0 aliphatic heterocycles. The molecule has 13 aromatic rings. The largest absolute Gasteiger partial charge is 0.455 e. The fourth-order valence-electron chi connectivity index (χ4n) is 9.90. The standard InChI is InChI=1S/C60H38N2O2/c1-3-17-38(18-4-1)44-25-7-10-32-53(44)61-42-23-13-21-40(35-42)45-28-15-30-49-51-37-52-50-31-16-29-46(58(50)64-60(52)56(59(51)63-57(45)49)39-19-5-2-6-20-39)41-22-14-24-43(36-41)62-54-33-11-8-26-47(54)48-27-9-12-34-55(48)62/h1-37,61H. The molecule has 13 rings (SSSR count). The fraction of sp³-hybridized carbons (Fsp3) is 0. The van der Waals surface area contributed by atoms with Gasteiger partial charge < -0.3 is 18.7 Å². The van der Waals surface area contributed by atoms with E-state index >= 15 is 0 Å².